The minimum absolute atomic E-state index is 0. The summed E-state index contributed by atoms with van der Waals surface area (Å²) in [5.74, 6) is 0.194. The van der Waals surface area contributed by atoms with Crippen molar-refractivity contribution in [1.29, 1.82) is 0 Å². The van der Waals surface area contributed by atoms with E-state index in [-0.39, 0.29) is 30.2 Å². The molecule has 1 aliphatic heterocycles. The van der Waals surface area contributed by atoms with E-state index < -0.39 is 6.61 Å². The molecular weight excluding hydrogens is 274 g/mol. The largest absolute Gasteiger partial charge is 0.435 e. The van der Waals surface area contributed by atoms with E-state index >= 15 is 0 Å². The fraction of sp³-hybridized carbons (Fsp3) is 0.538. The van der Waals surface area contributed by atoms with Crippen LogP contribution in [0.3, 0.4) is 0 Å². The number of rotatable bonds is 4. The van der Waals surface area contributed by atoms with E-state index in [1.165, 1.54) is 0 Å². The molecule has 2 atom stereocenters. The average molecular weight is 293 g/mol. The van der Waals surface area contributed by atoms with Crippen molar-refractivity contribution in [2.45, 2.75) is 32.0 Å². The smallest absolute Gasteiger partial charge is 0.387 e. The van der Waals surface area contributed by atoms with E-state index in [2.05, 4.69) is 16.6 Å². The summed E-state index contributed by atoms with van der Waals surface area (Å²) in [5.41, 5.74) is 6.96. The highest BCUT2D eigenvalue weighted by atomic mass is 35.5. The first-order valence-corrected chi connectivity index (χ1v) is 6.10. The lowest BCUT2D eigenvalue weighted by Gasteiger charge is -2.24. The van der Waals surface area contributed by atoms with Crippen LogP contribution in [-0.2, 0) is 0 Å². The van der Waals surface area contributed by atoms with Gasteiger partial charge in [-0.25, -0.2) is 0 Å². The zero-order valence-corrected chi connectivity index (χ0v) is 11.6. The lowest BCUT2D eigenvalue weighted by Crippen LogP contribution is -2.28. The lowest BCUT2D eigenvalue weighted by atomic mass is 10.1. The van der Waals surface area contributed by atoms with Crippen LogP contribution in [0.25, 0.3) is 0 Å². The van der Waals surface area contributed by atoms with Gasteiger partial charge in [-0.3, -0.25) is 4.90 Å². The molecule has 1 aromatic carbocycles. The van der Waals surface area contributed by atoms with Crippen molar-refractivity contribution in [3.8, 4) is 5.75 Å². The number of alkyl halides is 2. The van der Waals surface area contributed by atoms with Gasteiger partial charge in [-0.05, 0) is 31.0 Å². The molecule has 6 heteroatoms. The predicted octanol–water partition coefficient (Wildman–Crippen LogP) is 2.80. The standard InChI is InChI=1S/C13H18F2N2O.ClH/c1-9(17-7-6-11(16)8-17)10-2-4-12(5-3-10)18-13(14)15;/h2-5,9,11,13H,6-8,16H2,1H3;1H. The molecule has 1 heterocycles. The normalized spacial score (nSPS) is 21.2. The molecule has 0 amide bonds. The van der Waals surface area contributed by atoms with Crippen LogP contribution < -0.4 is 10.5 Å². The quantitative estimate of drug-likeness (QED) is 0.927. The topological polar surface area (TPSA) is 38.5 Å². The van der Waals surface area contributed by atoms with Gasteiger partial charge >= 0.3 is 6.61 Å². The van der Waals surface area contributed by atoms with Crippen LogP contribution in [0.1, 0.15) is 24.9 Å². The van der Waals surface area contributed by atoms with Crippen LogP contribution in [-0.4, -0.2) is 30.6 Å². The molecule has 19 heavy (non-hydrogen) atoms. The van der Waals surface area contributed by atoms with E-state index in [1.807, 2.05) is 12.1 Å². The molecular formula is C13H19ClF2N2O. The first-order chi connectivity index (χ1) is 8.56. The first kappa shape index (κ1) is 16.1. The van der Waals surface area contributed by atoms with E-state index in [9.17, 15) is 8.78 Å². The zero-order valence-electron chi connectivity index (χ0n) is 10.8. The van der Waals surface area contributed by atoms with Gasteiger partial charge < -0.3 is 10.5 Å². The highest BCUT2D eigenvalue weighted by Gasteiger charge is 2.24. The van der Waals surface area contributed by atoms with Gasteiger partial charge in [0.2, 0.25) is 0 Å². The van der Waals surface area contributed by atoms with Gasteiger partial charge in [0.15, 0.2) is 0 Å². The Kier molecular flexibility index (Phi) is 5.97. The number of nitrogens with zero attached hydrogens (tertiary/aromatic N) is 1. The Labute approximate surface area is 118 Å². The average Bonchev–Trinajstić information content (AvgIpc) is 2.75. The fourth-order valence-electron chi connectivity index (χ4n) is 2.31. The molecule has 1 saturated heterocycles. The molecule has 0 spiro atoms. The van der Waals surface area contributed by atoms with Crippen molar-refractivity contribution in [1.82, 2.24) is 4.90 Å². The van der Waals surface area contributed by atoms with E-state index in [1.54, 1.807) is 12.1 Å². The van der Waals surface area contributed by atoms with Crippen molar-refractivity contribution in [2.75, 3.05) is 13.1 Å². The second-order valence-electron chi connectivity index (χ2n) is 4.67. The molecule has 2 rings (SSSR count). The SMILES string of the molecule is CC(c1ccc(OC(F)F)cc1)N1CCC(N)C1.Cl. The minimum atomic E-state index is -2.77. The molecule has 2 unspecified atom stereocenters. The van der Waals surface area contributed by atoms with Crippen molar-refractivity contribution < 1.29 is 13.5 Å². The molecule has 1 fully saturated rings. The number of nitrogens with two attached hydrogens (primary N) is 1. The van der Waals surface area contributed by atoms with Crippen molar-refractivity contribution in [2.24, 2.45) is 5.73 Å². The summed E-state index contributed by atoms with van der Waals surface area (Å²) in [6.07, 6.45) is 1.01. The molecule has 0 bridgehead atoms. The molecule has 0 aromatic heterocycles. The van der Waals surface area contributed by atoms with Crippen molar-refractivity contribution >= 4 is 12.4 Å². The summed E-state index contributed by atoms with van der Waals surface area (Å²) < 4.78 is 28.4. The summed E-state index contributed by atoms with van der Waals surface area (Å²) in [6.45, 7) is 1.19. The van der Waals surface area contributed by atoms with Crippen LogP contribution in [0.4, 0.5) is 8.78 Å². The third kappa shape index (κ3) is 4.30. The maximum atomic E-state index is 12.0. The number of benzene rings is 1. The monoisotopic (exact) mass is 292 g/mol. The fourth-order valence-corrected chi connectivity index (χ4v) is 2.31. The highest BCUT2D eigenvalue weighted by Crippen LogP contribution is 2.26. The molecule has 1 aliphatic rings. The van der Waals surface area contributed by atoms with E-state index in [0.717, 1.165) is 25.1 Å². The number of ether oxygens (including phenoxy) is 1. The summed E-state index contributed by atoms with van der Waals surface area (Å²) in [6, 6.07) is 7.30. The van der Waals surface area contributed by atoms with Crippen molar-refractivity contribution in [3.05, 3.63) is 29.8 Å². The molecule has 2 N–H and O–H groups in total. The molecule has 0 radical (unpaired) electrons. The number of hydrogen-bond donors (Lipinski definition) is 1. The Balaban J connectivity index is 0.00000180. The van der Waals surface area contributed by atoms with Crippen LogP contribution in [0.5, 0.6) is 5.75 Å². The molecule has 0 saturated carbocycles. The van der Waals surface area contributed by atoms with Crippen LogP contribution in [0.15, 0.2) is 24.3 Å². The maximum absolute atomic E-state index is 12.0. The van der Waals surface area contributed by atoms with Crippen LogP contribution in [0.2, 0.25) is 0 Å². The Bertz CT molecular complexity index is 389. The van der Waals surface area contributed by atoms with E-state index in [4.69, 9.17) is 5.73 Å². The molecule has 0 aliphatic carbocycles. The van der Waals surface area contributed by atoms with Gasteiger partial charge in [-0.15, -0.1) is 12.4 Å². The maximum Gasteiger partial charge on any atom is 0.387 e. The van der Waals surface area contributed by atoms with Gasteiger partial charge in [0.05, 0.1) is 0 Å². The summed E-state index contributed by atoms with van der Waals surface area (Å²) in [4.78, 5) is 2.30. The Morgan fingerprint density at radius 3 is 2.42 bits per heavy atom. The van der Waals surface area contributed by atoms with Crippen LogP contribution in [0, 0.1) is 0 Å². The van der Waals surface area contributed by atoms with Gasteiger partial charge in [-0.1, -0.05) is 12.1 Å². The lowest BCUT2D eigenvalue weighted by molar-refractivity contribution is -0.0498. The second kappa shape index (κ2) is 7.03. The highest BCUT2D eigenvalue weighted by molar-refractivity contribution is 5.85. The Morgan fingerprint density at radius 1 is 1.32 bits per heavy atom. The number of likely N-dealkylation sites (tertiary alicyclic amines) is 1. The Morgan fingerprint density at radius 2 is 1.95 bits per heavy atom. The predicted molar refractivity (Wildman–Crippen MR) is 72.9 cm³/mol. The van der Waals surface area contributed by atoms with Crippen LogP contribution >= 0.6 is 12.4 Å². The third-order valence-electron chi connectivity index (χ3n) is 3.39. The number of hydrogen-bond acceptors (Lipinski definition) is 3. The second-order valence-corrected chi connectivity index (χ2v) is 4.67. The Hall–Kier alpha value is -0.910. The first-order valence-electron chi connectivity index (χ1n) is 6.10. The minimum Gasteiger partial charge on any atom is -0.435 e. The van der Waals surface area contributed by atoms with Crippen molar-refractivity contribution in [3.63, 3.8) is 0 Å². The van der Waals surface area contributed by atoms with E-state index in [0.29, 0.717) is 0 Å². The van der Waals surface area contributed by atoms with Gasteiger partial charge in [-0.2, -0.15) is 8.78 Å². The molecule has 108 valence electrons. The summed E-state index contributed by atoms with van der Waals surface area (Å²) in [7, 11) is 0. The third-order valence-corrected chi connectivity index (χ3v) is 3.39. The van der Waals surface area contributed by atoms with Gasteiger partial charge in [0, 0.05) is 25.2 Å². The zero-order chi connectivity index (χ0) is 13.1. The summed E-state index contributed by atoms with van der Waals surface area (Å²) in [5, 5.41) is 0. The van der Waals surface area contributed by atoms with Gasteiger partial charge in [0.25, 0.3) is 0 Å². The summed E-state index contributed by atoms with van der Waals surface area (Å²) >= 11 is 0. The molecule has 1 aromatic rings. The van der Waals surface area contributed by atoms with Gasteiger partial charge in [0.1, 0.15) is 5.75 Å². The number of halogens is 3. The molecule has 3 nitrogen and oxygen atoms in total.